The molecular formula is C20H22N2O3S2. The third-order valence-corrected chi connectivity index (χ3v) is 6.25. The predicted molar refractivity (Wildman–Crippen MR) is 110 cm³/mol. The summed E-state index contributed by atoms with van der Waals surface area (Å²) in [7, 11) is -3.83. The van der Waals surface area contributed by atoms with Crippen molar-refractivity contribution in [2.24, 2.45) is 0 Å². The van der Waals surface area contributed by atoms with Crippen LogP contribution in [0.4, 0.5) is 5.69 Å². The topological polar surface area (TPSA) is 68.3 Å². The van der Waals surface area contributed by atoms with Crippen LogP contribution < -0.4 is 9.46 Å². The number of anilines is 1. The summed E-state index contributed by atoms with van der Waals surface area (Å²) in [6.45, 7) is 7.92. The summed E-state index contributed by atoms with van der Waals surface area (Å²) in [5.74, 6) is 0.325. The van der Waals surface area contributed by atoms with Crippen molar-refractivity contribution in [1.29, 1.82) is 0 Å². The highest BCUT2D eigenvalue weighted by Gasteiger charge is 2.22. The molecule has 0 amide bonds. The van der Waals surface area contributed by atoms with Crippen molar-refractivity contribution in [3.8, 4) is 17.0 Å². The molecule has 0 bridgehead atoms. The normalized spacial score (nSPS) is 11.4. The average Bonchev–Trinajstić information content (AvgIpc) is 3.05. The lowest BCUT2D eigenvalue weighted by atomic mass is 10.1. The van der Waals surface area contributed by atoms with E-state index in [4.69, 9.17) is 4.74 Å². The van der Waals surface area contributed by atoms with E-state index in [1.807, 2.05) is 57.3 Å². The highest BCUT2D eigenvalue weighted by molar-refractivity contribution is 7.92. The van der Waals surface area contributed by atoms with Crippen LogP contribution in [0.3, 0.4) is 0 Å². The second-order valence-electron chi connectivity index (χ2n) is 6.27. The molecule has 7 heteroatoms. The van der Waals surface area contributed by atoms with Crippen LogP contribution in [-0.2, 0) is 10.0 Å². The zero-order chi connectivity index (χ0) is 19.6. The maximum Gasteiger partial charge on any atom is 0.265 e. The summed E-state index contributed by atoms with van der Waals surface area (Å²) >= 11 is 1.53. The summed E-state index contributed by atoms with van der Waals surface area (Å²) in [5, 5.41) is 2.84. The van der Waals surface area contributed by atoms with Gasteiger partial charge in [-0.2, -0.15) is 0 Å². The molecule has 1 heterocycles. The lowest BCUT2D eigenvalue weighted by Crippen LogP contribution is -2.15. The highest BCUT2D eigenvalue weighted by atomic mass is 32.2. The van der Waals surface area contributed by atoms with E-state index in [0.717, 1.165) is 27.4 Å². The van der Waals surface area contributed by atoms with Gasteiger partial charge in [0.2, 0.25) is 0 Å². The fraction of sp³-hybridized carbons (Fsp3) is 0.250. The molecule has 3 rings (SSSR count). The lowest BCUT2D eigenvalue weighted by molar-refractivity contribution is 0.331. The Bertz CT molecular complexity index is 1070. The van der Waals surface area contributed by atoms with Gasteiger partial charge in [-0.1, -0.05) is 12.1 Å². The van der Waals surface area contributed by atoms with Crippen molar-refractivity contribution in [2.45, 2.75) is 32.6 Å². The number of aryl methyl sites for hydroxylation is 3. The van der Waals surface area contributed by atoms with Gasteiger partial charge in [-0.15, -0.1) is 11.3 Å². The van der Waals surface area contributed by atoms with Crippen molar-refractivity contribution in [1.82, 2.24) is 4.98 Å². The highest BCUT2D eigenvalue weighted by Crippen LogP contribution is 2.32. The number of ether oxygens (including phenoxy) is 1. The van der Waals surface area contributed by atoms with E-state index in [1.165, 1.54) is 11.3 Å². The molecule has 0 atom stereocenters. The summed E-state index contributed by atoms with van der Waals surface area (Å²) in [5.41, 5.74) is 3.89. The van der Waals surface area contributed by atoms with Gasteiger partial charge in [0.25, 0.3) is 10.0 Å². The molecule has 1 aromatic heterocycles. The fourth-order valence-corrected chi connectivity index (χ4v) is 4.61. The molecule has 3 aromatic rings. The Balaban J connectivity index is 2.07. The van der Waals surface area contributed by atoms with Gasteiger partial charge in [0, 0.05) is 10.9 Å². The quantitative estimate of drug-likeness (QED) is 0.634. The molecule has 0 unspecified atom stereocenters. The number of aromatic nitrogens is 1. The summed E-state index contributed by atoms with van der Waals surface area (Å²) in [6.07, 6.45) is 0. The smallest absolute Gasteiger partial charge is 0.265 e. The van der Waals surface area contributed by atoms with E-state index >= 15 is 0 Å². The molecular weight excluding hydrogens is 380 g/mol. The Morgan fingerprint density at radius 2 is 1.89 bits per heavy atom. The number of sulfonamides is 1. The molecule has 0 aliphatic rings. The average molecular weight is 403 g/mol. The SMILES string of the molecule is CCOc1ccc(-c2csc(C)n2)cc1S(=O)(=O)Nc1cc(C)ccc1C. The molecule has 1 N–H and O–H groups in total. The van der Waals surface area contributed by atoms with E-state index in [-0.39, 0.29) is 4.90 Å². The first-order valence-corrected chi connectivity index (χ1v) is 11.0. The van der Waals surface area contributed by atoms with Crippen molar-refractivity contribution >= 4 is 27.0 Å². The number of benzene rings is 2. The van der Waals surface area contributed by atoms with Gasteiger partial charge < -0.3 is 4.74 Å². The van der Waals surface area contributed by atoms with Crippen LogP contribution in [0, 0.1) is 20.8 Å². The second kappa shape index (κ2) is 7.70. The van der Waals surface area contributed by atoms with E-state index in [2.05, 4.69) is 9.71 Å². The maximum absolute atomic E-state index is 13.1. The Morgan fingerprint density at radius 3 is 2.56 bits per heavy atom. The largest absolute Gasteiger partial charge is 0.492 e. The predicted octanol–water partition coefficient (Wildman–Crippen LogP) is 4.93. The van der Waals surface area contributed by atoms with Crippen molar-refractivity contribution in [3.05, 3.63) is 57.9 Å². The van der Waals surface area contributed by atoms with Gasteiger partial charge in [-0.3, -0.25) is 4.72 Å². The minimum Gasteiger partial charge on any atom is -0.492 e. The van der Waals surface area contributed by atoms with E-state index < -0.39 is 10.0 Å². The van der Waals surface area contributed by atoms with Crippen LogP contribution in [0.5, 0.6) is 5.75 Å². The van der Waals surface area contributed by atoms with Crippen LogP contribution >= 0.6 is 11.3 Å². The van der Waals surface area contributed by atoms with Gasteiger partial charge in [0.15, 0.2) is 0 Å². The van der Waals surface area contributed by atoms with E-state index in [1.54, 1.807) is 12.1 Å². The molecule has 0 aliphatic carbocycles. The third kappa shape index (κ3) is 4.31. The third-order valence-electron chi connectivity index (χ3n) is 4.09. The number of thiazole rings is 1. The summed E-state index contributed by atoms with van der Waals surface area (Å²) in [6, 6.07) is 10.8. The van der Waals surface area contributed by atoms with Crippen LogP contribution in [0.15, 0.2) is 46.7 Å². The van der Waals surface area contributed by atoms with Crippen LogP contribution in [0.1, 0.15) is 23.1 Å². The number of nitrogens with one attached hydrogen (secondary N) is 1. The fourth-order valence-electron chi connectivity index (χ4n) is 2.69. The minimum atomic E-state index is -3.83. The Morgan fingerprint density at radius 1 is 1.11 bits per heavy atom. The Kier molecular flexibility index (Phi) is 5.53. The zero-order valence-electron chi connectivity index (χ0n) is 15.7. The van der Waals surface area contributed by atoms with Crippen LogP contribution in [-0.4, -0.2) is 20.0 Å². The molecule has 0 saturated heterocycles. The van der Waals surface area contributed by atoms with Gasteiger partial charge in [0.05, 0.1) is 23.0 Å². The van der Waals surface area contributed by atoms with E-state index in [0.29, 0.717) is 18.0 Å². The van der Waals surface area contributed by atoms with E-state index in [9.17, 15) is 8.42 Å². The number of rotatable bonds is 6. The van der Waals surface area contributed by atoms with Gasteiger partial charge >= 0.3 is 0 Å². The van der Waals surface area contributed by atoms with Gasteiger partial charge in [-0.05, 0) is 63.1 Å². The van der Waals surface area contributed by atoms with Crippen molar-refractivity contribution in [2.75, 3.05) is 11.3 Å². The van der Waals surface area contributed by atoms with Crippen molar-refractivity contribution in [3.63, 3.8) is 0 Å². The molecule has 2 aromatic carbocycles. The molecule has 0 spiro atoms. The number of nitrogens with zero attached hydrogens (tertiary/aromatic N) is 1. The first kappa shape index (κ1) is 19.4. The second-order valence-corrected chi connectivity index (χ2v) is 8.98. The minimum absolute atomic E-state index is 0.105. The zero-order valence-corrected chi connectivity index (χ0v) is 17.4. The van der Waals surface area contributed by atoms with Crippen molar-refractivity contribution < 1.29 is 13.2 Å². The first-order valence-electron chi connectivity index (χ1n) is 8.59. The Labute approximate surface area is 164 Å². The molecule has 0 radical (unpaired) electrons. The van der Waals surface area contributed by atoms with Crippen LogP contribution in [0.25, 0.3) is 11.3 Å². The molecule has 0 fully saturated rings. The lowest BCUT2D eigenvalue weighted by Gasteiger charge is -2.15. The first-order chi connectivity index (χ1) is 12.8. The Hall–Kier alpha value is -2.38. The molecule has 142 valence electrons. The molecule has 0 saturated carbocycles. The van der Waals surface area contributed by atoms with Gasteiger partial charge in [-0.25, -0.2) is 13.4 Å². The number of hydrogen-bond acceptors (Lipinski definition) is 5. The van der Waals surface area contributed by atoms with Crippen LogP contribution in [0.2, 0.25) is 0 Å². The molecule has 5 nitrogen and oxygen atoms in total. The molecule has 0 aliphatic heterocycles. The maximum atomic E-state index is 13.1. The standard InChI is InChI=1S/C20H22N2O3S2/c1-5-25-19-9-8-16(18-12-26-15(4)21-18)11-20(19)27(23,24)22-17-10-13(2)6-7-14(17)3/h6-12,22H,5H2,1-4H3. The van der Waals surface area contributed by atoms with Gasteiger partial charge in [0.1, 0.15) is 10.6 Å². The monoisotopic (exact) mass is 402 g/mol. The summed E-state index contributed by atoms with van der Waals surface area (Å²) < 4.78 is 34.6. The number of hydrogen-bond donors (Lipinski definition) is 1. The molecule has 27 heavy (non-hydrogen) atoms. The summed E-state index contributed by atoms with van der Waals surface area (Å²) in [4.78, 5) is 4.56.